The van der Waals surface area contributed by atoms with Crippen LogP contribution in [-0.4, -0.2) is 7.11 Å². The number of halogens is 1. The summed E-state index contributed by atoms with van der Waals surface area (Å²) >= 11 is 0. The highest BCUT2D eigenvalue weighted by molar-refractivity contribution is 5.29. The van der Waals surface area contributed by atoms with Gasteiger partial charge in [-0.25, -0.2) is 4.39 Å². The fourth-order valence-corrected chi connectivity index (χ4v) is 2.85. The lowest BCUT2D eigenvalue weighted by Crippen LogP contribution is -2.12. The Labute approximate surface area is 109 Å². The minimum absolute atomic E-state index is 0.668. The molecule has 1 fully saturated rings. The van der Waals surface area contributed by atoms with Crippen molar-refractivity contribution < 1.29 is 9.13 Å². The van der Waals surface area contributed by atoms with Gasteiger partial charge in [-0.05, 0) is 61.6 Å². The van der Waals surface area contributed by atoms with Gasteiger partial charge in [-0.1, -0.05) is 18.2 Å². The lowest BCUT2D eigenvalue weighted by atomic mass is 9.77. The average Bonchev–Trinajstić information content (AvgIpc) is 2.46. The van der Waals surface area contributed by atoms with Crippen LogP contribution in [0.5, 0.6) is 5.75 Å². The summed E-state index contributed by atoms with van der Waals surface area (Å²) in [5.41, 5.74) is 1.41. The van der Waals surface area contributed by atoms with Crippen LogP contribution < -0.4 is 4.74 Å². The first-order chi connectivity index (χ1) is 8.83. The van der Waals surface area contributed by atoms with E-state index in [9.17, 15) is 4.39 Å². The minimum Gasteiger partial charge on any atom is -0.497 e. The van der Waals surface area contributed by atoms with Crippen molar-refractivity contribution in [2.45, 2.75) is 38.0 Å². The number of allylic oxidation sites excluding steroid dienone is 1. The molecule has 1 aromatic rings. The molecule has 0 unspecified atom stereocenters. The second kappa shape index (κ2) is 6.58. The number of rotatable bonds is 4. The molecular weight excluding hydrogens is 227 g/mol. The third kappa shape index (κ3) is 3.34. The maximum Gasteiger partial charge on any atom is 0.118 e. The standard InChI is InChI=1S/C16H21FO/c1-18-16-10-8-15(9-11-16)14-6-4-13(5-7-14)3-2-12-17/h2,8-14H,3-7H2,1H3/b12-2+. The van der Waals surface area contributed by atoms with E-state index in [1.54, 1.807) is 13.2 Å². The summed E-state index contributed by atoms with van der Waals surface area (Å²) < 4.78 is 17.1. The maximum absolute atomic E-state index is 12.0. The number of methoxy groups -OCH3 is 1. The predicted molar refractivity (Wildman–Crippen MR) is 72.6 cm³/mol. The lowest BCUT2D eigenvalue weighted by Gasteiger charge is -2.28. The van der Waals surface area contributed by atoms with Gasteiger partial charge in [-0.15, -0.1) is 0 Å². The number of hydrogen-bond acceptors (Lipinski definition) is 1. The van der Waals surface area contributed by atoms with Crippen molar-refractivity contribution >= 4 is 0 Å². The molecule has 2 heteroatoms. The van der Waals surface area contributed by atoms with Crippen LogP contribution in [0.4, 0.5) is 4.39 Å². The van der Waals surface area contributed by atoms with Crippen LogP contribution in [-0.2, 0) is 0 Å². The summed E-state index contributed by atoms with van der Waals surface area (Å²) in [5, 5.41) is 0. The van der Waals surface area contributed by atoms with Gasteiger partial charge in [0.25, 0.3) is 0 Å². The highest BCUT2D eigenvalue weighted by atomic mass is 19.1. The van der Waals surface area contributed by atoms with Crippen LogP contribution >= 0.6 is 0 Å². The molecule has 0 spiro atoms. The molecule has 0 aromatic heterocycles. The first-order valence-corrected chi connectivity index (χ1v) is 6.72. The van der Waals surface area contributed by atoms with Crippen LogP contribution in [0.15, 0.2) is 36.7 Å². The average molecular weight is 248 g/mol. The monoisotopic (exact) mass is 248 g/mol. The van der Waals surface area contributed by atoms with Crippen LogP contribution in [0.1, 0.15) is 43.6 Å². The van der Waals surface area contributed by atoms with Crippen molar-refractivity contribution in [2.75, 3.05) is 7.11 Å². The molecule has 0 amide bonds. The second-order valence-electron chi connectivity index (χ2n) is 5.09. The normalized spacial score (nSPS) is 24.3. The topological polar surface area (TPSA) is 9.23 Å². The zero-order valence-electron chi connectivity index (χ0n) is 10.9. The number of hydrogen-bond donors (Lipinski definition) is 0. The van der Waals surface area contributed by atoms with Gasteiger partial charge in [0.15, 0.2) is 0 Å². The van der Waals surface area contributed by atoms with Crippen molar-refractivity contribution in [3.05, 3.63) is 42.2 Å². The van der Waals surface area contributed by atoms with E-state index in [0.717, 1.165) is 12.2 Å². The molecule has 1 aliphatic rings. The van der Waals surface area contributed by atoms with Crippen LogP contribution in [0, 0.1) is 5.92 Å². The summed E-state index contributed by atoms with van der Waals surface area (Å²) in [5.74, 6) is 2.26. The van der Waals surface area contributed by atoms with E-state index in [-0.39, 0.29) is 0 Å². The van der Waals surface area contributed by atoms with Gasteiger partial charge in [0.05, 0.1) is 13.4 Å². The lowest BCUT2D eigenvalue weighted by molar-refractivity contribution is 0.327. The molecule has 0 N–H and O–H groups in total. The zero-order chi connectivity index (χ0) is 12.8. The molecule has 0 aliphatic heterocycles. The summed E-state index contributed by atoms with van der Waals surface area (Å²) in [6, 6.07) is 8.41. The van der Waals surface area contributed by atoms with E-state index in [2.05, 4.69) is 12.1 Å². The van der Waals surface area contributed by atoms with Crippen LogP contribution in [0.3, 0.4) is 0 Å². The minimum atomic E-state index is 0.668. The van der Waals surface area contributed by atoms with E-state index in [1.807, 2.05) is 12.1 Å². The van der Waals surface area contributed by atoms with Crippen molar-refractivity contribution in [1.82, 2.24) is 0 Å². The Morgan fingerprint density at radius 3 is 2.39 bits per heavy atom. The van der Waals surface area contributed by atoms with Crippen molar-refractivity contribution in [3.8, 4) is 5.75 Å². The zero-order valence-corrected chi connectivity index (χ0v) is 10.9. The molecule has 1 aliphatic carbocycles. The molecule has 0 atom stereocenters. The Bertz CT molecular complexity index is 375. The van der Waals surface area contributed by atoms with Gasteiger partial charge in [-0.3, -0.25) is 0 Å². The first kappa shape index (κ1) is 13.1. The van der Waals surface area contributed by atoms with Crippen molar-refractivity contribution in [1.29, 1.82) is 0 Å². The molecular formula is C16H21FO. The van der Waals surface area contributed by atoms with Crippen LogP contribution in [0.25, 0.3) is 0 Å². The molecule has 0 saturated heterocycles. The third-order valence-electron chi connectivity index (χ3n) is 3.99. The Hall–Kier alpha value is -1.31. The Morgan fingerprint density at radius 1 is 1.17 bits per heavy atom. The summed E-state index contributed by atoms with van der Waals surface area (Å²) in [7, 11) is 1.69. The van der Waals surface area contributed by atoms with Gasteiger partial charge in [0, 0.05) is 0 Å². The SMILES string of the molecule is COc1ccc(C2CCC(C/C=C/F)CC2)cc1. The Balaban J connectivity index is 1.88. The van der Waals surface area contributed by atoms with Gasteiger partial charge >= 0.3 is 0 Å². The molecule has 0 bridgehead atoms. The van der Waals surface area contributed by atoms with Crippen molar-refractivity contribution in [3.63, 3.8) is 0 Å². The van der Waals surface area contributed by atoms with Crippen molar-refractivity contribution in [2.24, 2.45) is 5.92 Å². The summed E-state index contributed by atoms with van der Waals surface area (Å²) in [6.07, 6.45) is 8.08. The molecule has 0 radical (unpaired) electrons. The van der Waals surface area contributed by atoms with E-state index in [0.29, 0.717) is 18.2 Å². The summed E-state index contributed by atoms with van der Waals surface area (Å²) in [6.45, 7) is 0. The number of ether oxygens (including phenoxy) is 1. The van der Waals surface area contributed by atoms with Gasteiger partial charge < -0.3 is 4.74 Å². The highest BCUT2D eigenvalue weighted by Gasteiger charge is 2.21. The Morgan fingerprint density at radius 2 is 1.83 bits per heavy atom. The second-order valence-corrected chi connectivity index (χ2v) is 5.09. The van der Waals surface area contributed by atoms with Crippen LogP contribution in [0.2, 0.25) is 0 Å². The Kier molecular flexibility index (Phi) is 4.80. The quantitative estimate of drug-likeness (QED) is 0.740. The van der Waals surface area contributed by atoms with E-state index in [1.165, 1.54) is 31.2 Å². The molecule has 1 saturated carbocycles. The van der Waals surface area contributed by atoms with Gasteiger partial charge in [-0.2, -0.15) is 0 Å². The fourth-order valence-electron chi connectivity index (χ4n) is 2.85. The van der Waals surface area contributed by atoms with Gasteiger partial charge in [0.1, 0.15) is 5.75 Å². The molecule has 1 nitrogen and oxygen atoms in total. The third-order valence-corrected chi connectivity index (χ3v) is 3.99. The maximum atomic E-state index is 12.0. The van der Waals surface area contributed by atoms with Gasteiger partial charge in [0.2, 0.25) is 0 Å². The largest absolute Gasteiger partial charge is 0.497 e. The molecule has 2 rings (SSSR count). The van der Waals surface area contributed by atoms with E-state index >= 15 is 0 Å². The highest BCUT2D eigenvalue weighted by Crippen LogP contribution is 2.37. The number of benzene rings is 1. The fraction of sp³-hybridized carbons (Fsp3) is 0.500. The van der Waals surface area contributed by atoms with E-state index in [4.69, 9.17) is 4.74 Å². The smallest absolute Gasteiger partial charge is 0.118 e. The first-order valence-electron chi connectivity index (χ1n) is 6.72. The molecule has 18 heavy (non-hydrogen) atoms. The van der Waals surface area contributed by atoms with E-state index < -0.39 is 0 Å². The molecule has 98 valence electrons. The predicted octanol–water partition coefficient (Wildman–Crippen LogP) is 4.84. The molecule has 1 aromatic carbocycles. The summed E-state index contributed by atoms with van der Waals surface area (Å²) in [4.78, 5) is 0. The molecule has 0 heterocycles.